The van der Waals surface area contributed by atoms with E-state index in [1.807, 2.05) is 0 Å². The maximum absolute atomic E-state index is 13.1. The summed E-state index contributed by atoms with van der Waals surface area (Å²) in [6.07, 6.45) is -0.733. The fourth-order valence-electron chi connectivity index (χ4n) is 3.68. The van der Waals surface area contributed by atoms with E-state index in [1.54, 1.807) is 6.08 Å². The van der Waals surface area contributed by atoms with Crippen LogP contribution in [0.2, 0.25) is 0 Å². The molecule has 1 aliphatic heterocycles. The fourth-order valence-corrected chi connectivity index (χ4v) is 3.78. The predicted molar refractivity (Wildman–Crippen MR) is 120 cm³/mol. The summed E-state index contributed by atoms with van der Waals surface area (Å²) < 4.78 is 40.7. The van der Waals surface area contributed by atoms with Crippen molar-refractivity contribution in [1.29, 1.82) is 0 Å². The molecule has 168 valence electrons. The average Bonchev–Trinajstić information content (AvgIpc) is 2.68. The predicted octanol–water partition coefficient (Wildman–Crippen LogP) is 4.10. The van der Waals surface area contributed by atoms with E-state index < -0.39 is 11.7 Å². The summed E-state index contributed by atoms with van der Waals surface area (Å²) in [5.74, 6) is 6.65. The summed E-state index contributed by atoms with van der Waals surface area (Å²) in [7, 11) is 0. The number of nitrogens with zero attached hydrogens (tertiary/aromatic N) is 1. The normalized spacial score (nSPS) is 19.6. The van der Waals surface area contributed by atoms with Crippen molar-refractivity contribution in [3.8, 4) is 0 Å². The number of hydrogen-bond acceptors (Lipinski definition) is 6. The average molecular weight is 444 g/mol. The number of rotatable bonds is 11. The van der Waals surface area contributed by atoms with Crippen LogP contribution in [0, 0.1) is 11.8 Å². The maximum Gasteiger partial charge on any atom is 0.416 e. The zero-order chi connectivity index (χ0) is 22.3. The van der Waals surface area contributed by atoms with Gasteiger partial charge in [-0.3, -0.25) is 5.84 Å². The highest BCUT2D eigenvalue weighted by atomic mass is 32.1. The van der Waals surface area contributed by atoms with E-state index in [0.29, 0.717) is 24.6 Å². The first kappa shape index (κ1) is 24.4. The van der Waals surface area contributed by atoms with Crippen LogP contribution in [0.5, 0.6) is 0 Å². The van der Waals surface area contributed by atoms with Crippen LogP contribution in [0.1, 0.15) is 36.8 Å². The third-order valence-corrected chi connectivity index (χ3v) is 5.63. The highest BCUT2D eigenvalue weighted by molar-refractivity contribution is 7.77. The van der Waals surface area contributed by atoms with Gasteiger partial charge in [-0.1, -0.05) is 32.4 Å². The number of halogens is 3. The van der Waals surface area contributed by atoms with Gasteiger partial charge in [-0.2, -0.15) is 17.6 Å². The van der Waals surface area contributed by atoms with Crippen LogP contribution in [-0.4, -0.2) is 30.6 Å². The minimum absolute atomic E-state index is 0.0965. The topological polar surface area (TPSA) is 65.3 Å². The van der Waals surface area contributed by atoms with Crippen LogP contribution in [0.15, 0.2) is 43.3 Å². The molecule has 3 unspecified atom stereocenters. The van der Waals surface area contributed by atoms with E-state index in [4.69, 9.17) is 5.84 Å². The Morgan fingerprint density at radius 2 is 2.17 bits per heavy atom. The van der Waals surface area contributed by atoms with Crippen LogP contribution in [-0.2, 0) is 6.18 Å². The molecule has 0 fully saturated rings. The van der Waals surface area contributed by atoms with Crippen molar-refractivity contribution in [3.63, 3.8) is 0 Å². The third-order valence-electron chi connectivity index (χ3n) is 5.43. The van der Waals surface area contributed by atoms with Crippen molar-refractivity contribution in [2.24, 2.45) is 17.7 Å². The minimum Gasteiger partial charge on any atom is -0.384 e. The number of alkyl halides is 3. The summed E-state index contributed by atoms with van der Waals surface area (Å²) in [5.41, 5.74) is 0.825. The van der Waals surface area contributed by atoms with Crippen molar-refractivity contribution in [3.05, 3.63) is 54.4 Å². The van der Waals surface area contributed by atoms with Crippen molar-refractivity contribution in [2.75, 3.05) is 31.5 Å². The Kier molecular flexibility index (Phi) is 8.93. The van der Waals surface area contributed by atoms with E-state index in [9.17, 15) is 13.2 Å². The quantitative estimate of drug-likeness (QED) is 0.154. The van der Waals surface area contributed by atoms with E-state index in [-0.39, 0.29) is 11.8 Å². The molecule has 1 aromatic rings. The second-order valence-electron chi connectivity index (χ2n) is 7.83. The first-order valence-electron chi connectivity index (χ1n) is 10.1. The van der Waals surface area contributed by atoms with Gasteiger partial charge in [0.15, 0.2) is 0 Å². The SMILES string of the molecule is C=CC1c2cc(C(F)(F)F)ccc2NCC1CCC(C)CNC(=C)NCCN(N)S. The van der Waals surface area contributed by atoms with Crippen molar-refractivity contribution < 1.29 is 13.2 Å². The van der Waals surface area contributed by atoms with Crippen molar-refractivity contribution in [1.82, 2.24) is 15.0 Å². The number of anilines is 1. The molecule has 9 heteroatoms. The molecule has 0 radical (unpaired) electrons. The van der Waals surface area contributed by atoms with Gasteiger partial charge in [0.25, 0.3) is 0 Å². The Bertz CT molecular complexity index is 723. The molecule has 5 nitrogen and oxygen atoms in total. The summed E-state index contributed by atoms with van der Waals surface area (Å²) in [6.45, 7) is 12.7. The molecule has 1 aliphatic rings. The Morgan fingerprint density at radius 3 is 2.80 bits per heavy atom. The van der Waals surface area contributed by atoms with Gasteiger partial charge in [-0.05, 0) is 48.4 Å². The van der Waals surface area contributed by atoms with Gasteiger partial charge in [0, 0.05) is 37.8 Å². The molecule has 0 aromatic heterocycles. The smallest absolute Gasteiger partial charge is 0.384 e. The third kappa shape index (κ3) is 7.14. The molecular formula is C21H32F3N5S. The zero-order valence-electron chi connectivity index (χ0n) is 17.3. The second-order valence-corrected chi connectivity index (χ2v) is 8.35. The van der Waals surface area contributed by atoms with E-state index in [1.165, 1.54) is 16.5 Å². The van der Waals surface area contributed by atoms with E-state index >= 15 is 0 Å². The largest absolute Gasteiger partial charge is 0.416 e. The number of nitrogens with two attached hydrogens (primary N) is 1. The zero-order valence-corrected chi connectivity index (χ0v) is 18.2. The molecular weight excluding hydrogens is 411 g/mol. The molecule has 0 spiro atoms. The molecule has 30 heavy (non-hydrogen) atoms. The fraction of sp³-hybridized carbons (Fsp3) is 0.524. The number of thiol groups is 1. The molecule has 0 saturated heterocycles. The van der Waals surface area contributed by atoms with Crippen LogP contribution in [0.3, 0.4) is 0 Å². The lowest BCUT2D eigenvalue weighted by Crippen LogP contribution is -2.35. The monoisotopic (exact) mass is 443 g/mol. The van der Waals surface area contributed by atoms with Crippen molar-refractivity contribution >= 4 is 18.5 Å². The minimum atomic E-state index is -4.35. The lowest BCUT2D eigenvalue weighted by molar-refractivity contribution is -0.137. The molecule has 0 bridgehead atoms. The number of nitrogens with one attached hydrogen (secondary N) is 3. The standard InChI is InChI=1S/C21H32F3N5S/c1-4-18-16(6-5-14(2)12-27-15(3)26-9-10-29(25)30)13-28-20-8-7-17(11-19(18)20)21(22,23)24/h4,7-8,11,14,16,18,26-28,30H,1,3,5-6,9-10,12-13,25H2,2H3. The lowest BCUT2D eigenvalue weighted by Gasteiger charge is -2.34. The Labute approximate surface area is 182 Å². The van der Waals surface area contributed by atoms with Gasteiger partial charge in [0.2, 0.25) is 0 Å². The molecule has 1 aromatic carbocycles. The molecule has 0 amide bonds. The van der Waals surface area contributed by atoms with E-state index in [2.05, 4.69) is 48.8 Å². The highest BCUT2D eigenvalue weighted by Gasteiger charge is 2.34. The van der Waals surface area contributed by atoms with Crippen LogP contribution in [0.25, 0.3) is 0 Å². The number of hydrogen-bond donors (Lipinski definition) is 5. The molecule has 1 heterocycles. The lowest BCUT2D eigenvalue weighted by atomic mass is 9.78. The molecule has 3 atom stereocenters. The van der Waals surface area contributed by atoms with Gasteiger partial charge in [0.05, 0.1) is 11.4 Å². The number of benzene rings is 1. The second kappa shape index (κ2) is 11.0. The van der Waals surface area contributed by atoms with Gasteiger partial charge < -0.3 is 16.0 Å². The van der Waals surface area contributed by atoms with Crippen molar-refractivity contribution in [2.45, 2.75) is 31.9 Å². The van der Waals surface area contributed by atoms with Gasteiger partial charge in [0.1, 0.15) is 0 Å². The Morgan fingerprint density at radius 1 is 1.43 bits per heavy atom. The Balaban J connectivity index is 1.87. The first-order valence-corrected chi connectivity index (χ1v) is 10.5. The summed E-state index contributed by atoms with van der Waals surface area (Å²) in [4.78, 5) is 0. The highest BCUT2D eigenvalue weighted by Crippen LogP contribution is 2.41. The van der Waals surface area contributed by atoms with Gasteiger partial charge in [-0.25, -0.2) is 0 Å². The van der Waals surface area contributed by atoms with Gasteiger partial charge >= 0.3 is 6.18 Å². The summed E-state index contributed by atoms with van der Waals surface area (Å²) in [6, 6.07) is 3.91. The molecule has 0 saturated carbocycles. The molecule has 0 aliphatic carbocycles. The first-order chi connectivity index (χ1) is 14.1. The maximum atomic E-state index is 13.1. The van der Waals surface area contributed by atoms with E-state index in [0.717, 1.165) is 43.5 Å². The van der Waals surface area contributed by atoms with Crippen LogP contribution in [0.4, 0.5) is 18.9 Å². The molecule has 2 rings (SSSR count). The number of fused-ring (bicyclic) bond motifs is 1. The van der Waals surface area contributed by atoms with Crippen LogP contribution >= 0.6 is 12.8 Å². The summed E-state index contributed by atoms with van der Waals surface area (Å²) in [5, 5.41) is 9.67. The Hall–Kier alpha value is -1.84. The number of allylic oxidation sites excluding steroid dienone is 1. The summed E-state index contributed by atoms with van der Waals surface area (Å²) >= 11 is 3.97. The number of hydrazine groups is 1. The van der Waals surface area contributed by atoms with Crippen LogP contribution < -0.4 is 21.8 Å². The van der Waals surface area contributed by atoms with Gasteiger partial charge in [-0.15, -0.1) is 6.58 Å². The molecule has 5 N–H and O–H groups in total.